The van der Waals surface area contributed by atoms with Crippen LogP contribution in [0.2, 0.25) is 5.02 Å². The summed E-state index contributed by atoms with van der Waals surface area (Å²) in [6.07, 6.45) is 0.743. The highest BCUT2D eigenvalue weighted by Crippen LogP contribution is 2.29. The molecule has 0 bridgehead atoms. The molecule has 0 unspecified atom stereocenters. The molecule has 0 saturated heterocycles. The molecule has 28 heavy (non-hydrogen) atoms. The summed E-state index contributed by atoms with van der Waals surface area (Å²) in [4.78, 5) is 23.9. The Morgan fingerprint density at radius 3 is 2.46 bits per heavy atom. The summed E-state index contributed by atoms with van der Waals surface area (Å²) < 4.78 is 15.7. The quantitative estimate of drug-likeness (QED) is 0.345. The van der Waals surface area contributed by atoms with E-state index in [1.165, 1.54) is 13.3 Å². The molecule has 0 spiro atoms. The Morgan fingerprint density at radius 2 is 1.82 bits per heavy atom. The number of carbonyl (C=O) groups excluding carboxylic acids is 2. The van der Waals surface area contributed by atoms with E-state index < -0.39 is 17.7 Å². The molecule has 0 radical (unpaired) electrons. The smallest absolute Gasteiger partial charge is 0.428 e. The minimum Gasteiger partial charge on any atom is -0.493 e. The van der Waals surface area contributed by atoms with E-state index in [1.54, 1.807) is 63.2 Å². The van der Waals surface area contributed by atoms with E-state index in [2.05, 4.69) is 10.5 Å². The Balaban J connectivity index is 2.07. The molecule has 0 heterocycles. The minimum absolute atomic E-state index is 0.227. The van der Waals surface area contributed by atoms with Gasteiger partial charge in [-0.05, 0) is 56.7 Å². The summed E-state index contributed by atoms with van der Waals surface area (Å²) in [5.41, 5.74) is 2.52. The fourth-order valence-corrected chi connectivity index (χ4v) is 2.30. The second-order valence-electron chi connectivity index (χ2n) is 6.65. The van der Waals surface area contributed by atoms with E-state index in [9.17, 15) is 9.59 Å². The standard InChI is InChI=1S/C20H21ClN2O5/c1-20(2,3)28-19(25)23-22-12-13-9-10-16(17(11-13)26-4)27-18(24)14-7-5-6-8-15(14)21/h5-12H,1-4H3,(H,23,25)/b22-12-. The number of esters is 1. The molecule has 1 N–H and O–H groups in total. The maximum Gasteiger partial charge on any atom is 0.428 e. The van der Waals surface area contributed by atoms with Gasteiger partial charge in [0.1, 0.15) is 5.60 Å². The van der Waals surface area contributed by atoms with Gasteiger partial charge in [-0.15, -0.1) is 0 Å². The zero-order valence-electron chi connectivity index (χ0n) is 16.0. The number of hydrogen-bond acceptors (Lipinski definition) is 6. The Labute approximate surface area is 168 Å². The van der Waals surface area contributed by atoms with E-state index in [4.69, 9.17) is 25.8 Å². The number of hydrogen-bond donors (Lipinski definition) is 1. The summed E-state index contributed by atoms with van der Waals surface area (Å²) >= 11 is 6.01. The minimum atomic E-state index is -0.666. The Morgan fingerprint density at radius 1 is 1.11 bits per heavy atom. The first-order valence-corrected chi connectivity index (χ1v) is 8.74. The molecule has 0 aromatic heterocycles. The summed E-state index contributed by atoms with van der Waals surface area (Å²) in [6.45, 7) is 5.26. The van der Waals surface area contributed by atoms with Gasteiger partial charge in [0.2, 0.25) is 0 Å². The molecule has 2 aromatic carbocycles. The van der Waals surface area contributed by atoms with E-state index in [1.807, 2.05) is 0 Å². The van der Waals surface area contributed by atoms with Gasteiger partial charge in [-0.1, -0.05) is 23.7 Å². The Hall–Kier alpha value is -3.06. The molecule has 0 aliphatic rings. The second-order valence-corrected chi connectivity index (χ2v) is 7.06. The van der Waals surface area contributed by atoms with Crippen LogP contribution in [-0.2, 0) is 4.74 Å². The highest BCUT2D eigenvalue weighted by molar-refractivity contribution is 6.33. The summed E-state index contributed by atoms with van der Waals surface area (Å²) in [7, 11) is 1.45. The fraction of sp³-hybridized carbons (Fsp3) is 0.250. The maximum absolute atomic E-state index is 12.3. The van der Waals surface area contributed by atoms with Crippen LogP contribution in [0.3, 0.4) is 0 Å². The monoisotopic (exact) mass is 404 g/mol. The van der Waals surface area contributed by atoms with Crippen molar-refractivity contribution in [3.8, 4) is 11.5 Å². The molecule has 0 atom stereocenters. The molecule has 0 fully saturated rings. The van der Waals surface area contributed by atoms with Gasteiger partial charge in [-0.25, -0.2) is 15.0 Å². The number of methoxy groups -OCH3 is 1. The molecule has 2 aromatic rings. The highest BCUT2D eigenvalue weighted by Gasteiger charge is 2.16. The lowest BCUT2D eigenvalue weighted by Crippen LogP contribution is -2.29. The third kappa shape index (κ3) is 6.28. The van der Waals surface area contributed by atoms with Crippen molar-refractivity contribution in [2.45, 2.75) is 26.4 Å². The average Bonchev–Trinajstić information content (AvgIpc) is 2.61. The summed E-state index contributed by atoms with van der Waals surface area (Å²) in [6, 6.07) is 11.4. The van der Waals surface area contributed by atoms with Crippen LogP contribution in [-0.4, -0.2) is 31.0 Å². The molecule has 8 heteroatoms. The normalized spacial score (nSPS) is 11.2. The highest BCUT2D eigenvalue weighted by atomic mass is 35.5. The van der Waals surface area contributed by atoms with Crippen molar-refractivity contribution < 1.29 is 23.8 Å². The summed E-state index contributed by atoms with van der Waals surface area (Å²) in [5.74, 6) is -0.0526. The number of halogens is 1. The number of carbonyl (C=O) groups is 2. The van der Waals surface area contributed by atoms with Gasteiger partial charge < -0.3 is 14.2 Å². The van der Waals surface area contributed by atoms with E-state index in [-0.39, 0.29) is 11.3 Å². The number of rotatable bonds is 5. The van der Waals surface area contributed by atoms with Crippen LogP contribution in [0.25, 0.3) is 0 Å². The molecular weight excluding hydrogens is 384 g/mol. The average molecular weight is 405 g/mol. The van der Waals surface area contributed by atoms with Gasteiger partial charge in [0.15, 0.2) is 11.5 Å². The van der Waals surface area contributed by atoms with E-state index >= 15 is 0 Å². The predicted octanol–water partition coefficient (Wildman–Crippen LogP) is 4.43. The topological polar surface area (TPSA) is 86.2 Å². The van der Waals surface area contributed by atoms with Crippen molar-refractivity contribution in [2.75, 3.05) is 7.11 Å². The summed E-state index contributed by atoms with van der Waals surface area (Å²) in [5, 5.41) is 4.12. The van der Waals surface area contributed by atoms with Crippen molar-refractivity contribution >= 4 is 29.9 Å². The van der Waals surface area contributed by atoms with Gasteiger partial charge >= 0.3 is 12.1 Å². The van der Waals surface area contributed by atoms with Gasteiger partial charge in [0.05, 0.1) is 23.9 Å². The zero-order valence-corrected chi connectivity index (χ0v) is 16.7. The maximum atomic E-state index is 12.3. The number of nitrogens with one attached hydrogen (secondary N) is 1. The largest absolute Gasteiger partial charge is 0.493 e. The zero-order chi connectivity index (χ0) is 20.7. The first-order valence-electron chi connectivity index (χ1n) is 8.36. The predicted molar refractivity (Wildman–Crippen MR) is 106 cm³/mol. The molecular formula is C20H21ClN2O5. The lowest BCUT2D eigenvalue weighted by Gasteiger charge is -2.18. The number of ether oxygens (including phenoxy) is 3. The molecule has 7 nitrogen and oxygen atoms in total. The van der Waals surface area contributed by atoms with Gasteiger partial charge in [0.25, 0.3) is 0 Å². The van der Waals surface area contributed by atoms with Crippen molar-refractivity contribution in [2.24, 2.45) is 5.10 Å². The number of hydrazone groups is 1. The number of nitrogens with zero attached hydrogens (tertiary/aromatic N) is 1. The second kappa shape index (κ2) is 9.23. The van der Waals surface area contributed by atoms with E-state index in [0.29, 0.717) is 16.3 Å². The van der Waals surface area contributed by atoms with Crippen molar-refractivity contribution in [3.05, 3.63) is 58.6 Å². The van der Waals surface area contributed by atoms with Crippen molar-refractivity contribution in [1.29, 1.82) is 0 Å². The van der Waals surface area contributed by atoms with E-state index in [0.717, 1.165) is 0 Å². The van der Waals surface area contributed by atoms with Crippen molar-refractivity contribution in [1.82, 2.24) is 5.43 Å². The molecule has 2 rings (SSSR count). The van der Waals surface area contributed by atoms with Crippen LogP contribution in [0.1, 0.15) is 36.7 Å². The third-order valence-corrected chi connectivity index (χ3v) is 3.58. The van der Waals surface area contributed by atoms with Gasteiger partial charge in [-0.2, -0.15) is 5.10 Å². The van der Waals surface area contributed by atoms with Gasteiger partial charge in [-0.3, -0.25) is 0 Å². The van der Waals surface area contributed by atoms with Crippen LogP contribution in [0.15, 0.2) is 47.6 Å². The fourth-order valence-electron chi connectivity index (χ4n) is 2.09. The lowest BCUT2D eigenvalue weighted by molar-refractivity contribution is 0.0529. The molecule has 0 aliphatic heterocycles. The van der Waals surface area contributed by atoms with Crippen molar-refractivity contribution in [3.63, 3.8) is 0 Å². The van der Waals surface area contributed by atoms with Crippen LogP contribution in [0, 0.1) is 0 Å². The van der Waals surface area contributed by atoms with Crippen LogP contribution in [0.5, 0.6) is 11.5 Å². The Bertz CT molecular complexity index is 890. The van der Waals surface area contributed by atoms with Crippen LogP contribution in [0.4, 0.5) is 4.79 Å². The van der Waals surface area contributed by atoms with Crippen LogP contribution < -0.4 is 14.9 Å². The van der Waals surface area contributed by atoms with Crippen LogP contribution >= 0.6 is 11.6 Å². The van der Waals surface area contributed by atoms with Gasteiger partial charge in [0, 0.05) is 0 Å². The molecule has 1 amide bonds. The SMILES string of the molecule is COc1cc(/C=N\NC(=O)OC(C)(C)C)ccc1OC(=O)c1ccccc1Cl. The Kier molecular flexibility index (Phi) is 7.00. The third-order valence-electron chi connectivity index (χ3n) is 3.25. The molecule has 0 aliphatic carbocycles. The number of benzene rings is 2. The molecule has 0 saturated carbocycles. The number of amides is 1. The lowest BCUT2D eigenvalue weighted by atomic mass is 10.2. The first-order chi connectivity index (χ1) is 13.2. The molecule has 148 valence electrons. The first kappa shape index (κ1) is 21.2.